The summed E-state index contributed by atoms with van der Waals surface area (Å²) in [5.41, 5.74) is 1.55. The monoisotopic (exact) mass is 355 g/mol. The molecule has 106 valence electrons. The molecule has 0 aromatic heterocycles. The van der Waals surface area contributed by atoms with Crippen molar-refractivity contribution in [3.63, 3.8) is 0 Å². The highest BCUT2D eigenvalue weighted by Crippen LogP contribution is 2.14. The van der Waals surface area contributed by atoms with Crippen LogP contribution >= 0.6 is 15.9 Å². The Morgan fingerprint density at radius 1 is 1.05 bits per heavy atom. The summed E-state index contributed by atoms with van der Waals surface area (Å²) in [4.78, 5) is 0.185. The van der Waals surface area contributed by atoms with Crippen LogP contribution in [0.2, 0.25) is 0 Å². The molecular formula is C14H14BrNO3S. The molecule has 0 aliphatic rings. The maximum Gasteiger partial charge on any atom is 0.240 e. The average molecular weight is 356 g/mol. The third-order valence-corrected chi connectivity index (χ3v) is 4.68. The largest absolute Gasteiger partial charge is 0.392 e. The first kappa shape index (κ1) is 15.2. The van der Waals surface area contributed by atoms with E-state index in [9.17, 15) is 8.42 Å². The van der Waals surface area contributed by atoms with Gasteiger partial charge in [-0.25, -0.2) is 13.1 Å². The highest BCUT2D eigenvalue weighted by molar-refractivity contribution is 9.10. The van der Waals surface area contributed by atoms with Crippen molar-refractivity contribution in [2.45, 2.75) is 18.0 Å². The lowest BCUT2D eigenvalue weighted by atomic mass is 10.2. The standard InChI is InChI=1S/C14H14BrNO3S/c15-13-3-1-2-12(8-13)9-16-20(18,19)14-6-4-11(10-17)5-7-14/h1-8,16-17H,9-10H2. The van der Waals surface area contributed by atoms with E-state index in [0.717, 1.165) is 10.0 Å². The van der Waals surface area contributed by atoms with Crippen molar-refractivity contribution >= 4 is 26.0 Å². The molecule has 0 heterocycles. The van der Waals surface area contributed by atoms with Crippen LogP contribution in [0, 0.1) is 0 Å². The molecule has 0 unspecified atom stereocenters. The molecule has 0 spiro atoms. The number of aliphatic hydroxyl groups is 1. The van der Waals surface area contributed by atoms with Gasteiger partial charge in [0.2, 0.25) is 10.0 Å². The van der Waals surface area contributed by atoms with Crippen LogP contribution in [0.4, 0.5) is 0 Å². The number of nitrogens with one attached hydrogen (secondary N) is 1. The summed E-state index contributed by atoms with van der Waals surface area (Å²) in [5.74, 6) is 0. The topological polar surface area (TPSA) is 66.4 Å². The van der Waals surface area contributed by atoms with Gasteiger partial charge < -0.3 is 5.11 Å². The van der Waals surface area contributed by atoms with Gasteiger partial charge in [-0.05, 0) is 35.4 Å². The normalized spacial score (nSPS) is 11.5. The van der Waals surface area contributed by atoms with Gasteiger partial charge in [-0.3, -0.25) is 0 Å². The Kier molecular flexibility index (Phi) is 4.93. The molecule has 0 aliphatic carbocycles. The van der Waals surface area contributed by atoms with Crippen molar-refractivity contribution in [1.82, 2.24) is 4.72 Å². The minimum atomic E-state index is -3.54. The van der Waals surface area contributed by atoms with Crippen LogP contribution in [0.3, 0.4) is 0 Å². The summed E-state index contributed by atoms with van der Waals surface area (Å²) in [6.07, 6.45) is 0. The number of hydrogen-bond acceptors (Lipinski definition) is 3. The first-order valence-corrected chi connectivity index (χ1v) is 8.23. The van der Waals surface area contributed by atoms with Crippen molar-refractivity contribution in [3.05, 3.63) is 64.1 Å². The molecule has 0 saturated carbocycles. The van der Waals surface area contributed by atoms with E-state index in [4.69, 9.17) is 5.11 Å². The summed E-state index contributed by atoms with van der Waals surface area (Å²) in [7, 11) is -3.54. The fourth-order valence-electron chi connectivity index (χ4n) is 1.68. The average Bonchev–Trinajstić information content (AvgIpc) is 2.45. The van der Waals surface area contributed by atoms with Gasteiger partial charge in [-0.1, -0.05) is 40.2 Å². The van der Waals surface area contributed by atoms with E-state index in [-0.39, 0.29) is 18.0 Å². The zero-order chi connectivity index (χ0) is 14.6. The number of benzene rings is 2. The molecule has 0 fully saturated rings. The third kappa shape index (κ3) is 3.89. The summed E-state index contributed by atoms with van der Waals surface area (Å²) in [5, 5.41) is 8.94. The molecule has 0 saturated heterocycles. The molecule has 0 bridgehead atoms. The first-order valence-electron chi connectivity index (χ1n) is 5.95. The molecule has 6 heteroatoms. The lowest BCUT2D eigenvalue weighted by Gasteiger charge is -2.07. The number of aliphatic hydroxyl groups excluding tert-OH is 1. The Morgan fingerprint density at radius 3 is 2.35 bits per heavy atom. The van der Waals surface area contributed by atoms with Crippen LogP contribution in [-0.4, -0.2) is 13.5 Å². The molecule has 2 aromatic carbocycles. The van der Waals surface area contributed by atoms with Gasteiger partial charge in [0.15, 0.2) is 0 Å². The quantitative estimate of drug-likeness (QED) is 0.865. The smallest absolute Gasteiger partial charge is 0.240 e. The molecule has 2 N–H and O–H groups in total. The van der Waals surface area contributed by atoms with Gasteiger partial charge >= 0.3 is 0 Å². The Labute approximate surface area is 126 Å². The number of rotatable bonds is 5. The second kappa shape index (κ2) is 6.49. The van der Waals surface area contributed by atoms with E-state index in [1.54, 1.807) is 12.1 Å². The van der Waals surface area contributed by atoms with E-state index in [2.05, 4.69) is 20.7 Å². The van der Waals surface area contributed by atoms with E-state index >= 15 is 0 Å². The maximum absolute atomic E-state index is 12.1. The van der Waals surface area contributed by atoms with E-state index in [1.807, 2.05) is 24.3 Å². The molecule has 2 aromatic rings. The third-order valence-electron chi connectivity index (χ3n) is 2.77. The number of sulfonamides is 1. The van der Waals surface area contributed by atoms with Gasteiger partial charge in [0.25, 0.3) is 0 Å². The summed E-state index contributed by atoms with van der Waals surface area (Å²) >= 11 is 3.34. The molecule has 0 radical (unpaired) electrons. The molecule has 0 aliphatic heterocycles. The number of hydrogen-bond donors (Lipinski definition) is 2. The van der Waals surface area contributed by atoms with Crippen LogP contribution in [0.25, 0.3) is 0 Å². The van der Waals surface area contributed by atoms with Crippen LogP contribution < -0.4 is 4.72 Å². The van der Waals surface area contributed by atoms with Crippen molar-refractivity contribution in [2.75, 3.05) is 0 Å². The summed E-state index contributed by atoms with van der Waals surface area (Å²) < 4.78 is 27.7. The van der Waals surface area contributed by atoms with E-state index in [1.165, 1.54) is 12.1 Å². The van der Waals surface area contributed by atoms with Crippen LogP contribution in [0.15, 0.2) is 57.9 Å². The summed E-state index contributed by atoms with van der Waals surface area (Å²) in [6, 6.07) is 13.6. The second-order valence-corrected chi connectivity index (χ2v) is 6.94. The molecule has 0 amide bonds. The minimum Gasteiger partial charge on any atom is -0.392 e. The van der Waals surface area contributed by atoms with E-state index < -0.39 is 10.0 Å². The zero-order valence-corrected chi connectivity index (χ0v) is 13.0. The minimum absolute atomic E-state index is 0.105. The summed E-state index contributed by atoms with van der Waals surface area (Å²) in [6.45, 7) is 0.120. The van der Waals surface area contributed by atoms with Gasteiger partial charge in [0, 0.05) is 11.0 Å². The fourth-order valence-corrected chi connectivity index (χ4v) is 3.15. The Hall–Kier alpha value is -1.21. The molecule has 0 atom stereocenters. The van der Waals surface area contributed by atoms with Gasteiger partial charge in [-0.15, -0.1) is 0 Å². The fraction of sp³-hybridized carbons (Fsp3) is 0.143. The SMILES string of the molecule is O=S(=O)(NCc1cccc(Br)c1)c1ccc(CO)cc1. The molecule has 20 heavy (non-hydrogen) atoms. The van der Waals surface area contributed by atoms with Gasteiger partial charge in [-0.2, -0.15) is 0 Å². The first-order chi connectivity index (χ1) is 9.51. The van der Waals surface area contributed by atoms with Crippen LogP contribution in [0.5, 0.6) is 0 Å². The van der Waals surface area contributed by atoms with Crippen molar-refractivity contribution in [1.29, 1.82) is 0 Å². The Bertz CT molecular complexity index is 684. The van der Waals surface area contributed by atoms with Crippen LogP contribution in [0.1, 0.15) is 11.1 Å². The van der Waals surface area contributed by atoms with Crippen molar-refractivity contribution in [2.24, 2.45) is 0 Å². The lowest BCUT2D eigenvalue weighted by Crippen LogP contribution is -2.23. The van der Waals surface area contributed by atoms with E-state index in [0.29, 0.717) is 5.56 Å². The lowest BCUT2D eigenvalue weighted by molar-refractivity contribution is 0.282. The Balaban J connectivity index is 2.10. The van der Waals surface area contributed by atoms with Gasteiger partial charge in [0.05, 0.1) is 11.5 Å². The predicted molar refractivity (Wildman–Crippen MR) is 80.5 cm³/mol. The molecule has 2 rings (SSSR count). The maximum atomic E-state index is 12.1. The zero-order valence-electron chi connectivity index (χ0n) is 10.6. The van der Waals surface area contributed by atoms with Gasteiger partial charge in [0.1, 0.15) is 0 Å². The Morgan fingerprint density at radius 2 is 1.75 bits per heavy atom. The molecular weight excluding hydrogens is 342 g/mol. The highest BCUT2D eigenvalue weighted by Gasteiger charge is 2.13. The highest BCUT2D eigenvalue weighted by atomic mass is 79.9. The second-order valence-electron chi connectivity index (χ2n) is 4.26. The molecule has 4 nitrogen and oxygen atoms in total. The van der Waals surface area contributed by atoms with Crippen LogP contribution in [-0.2, 0) is 23.2 Å². The van der Waals surface area contributed by atoms with Crippen molar-refractivity contribution < 1.29 is 13.5 Å². The van der Waals surface area contributed by atoms with Crippen molar-refractivity contribution in [3.8, 4) is 0 Å². The predicted octanol–water partition coefficient (Wildman–Crippen LogP) is 2.42. The number of halogens is 1.